The molecule has 0 aliphatic heterocycles. The summed E-state index contributed by atoms with van der Waals surface area (Å²) in [6.07, 6.45) is 0. The van der Waals surface area contributed by atoms with Crippen LogP contribution in [0, 0.1) is 13.8 Å². The molecule has 2 aromatic heterocycles. The summed E-state index contributed by atoms with van der Waals surface area (Å²) in [5, 5.41) is 0. The molecule has 3 nitrogen and oxygen atoms in total. The van der Waals surface area contributed by atoms with Gasteiger partial charge in [0.25, 0.3) is 0 Å². The monoisotopic (exact) mass is 322 g/mol. The second-order valence-electron chi connectivity index (χ2n) is 5.69. The number of thiazole rings is 1. The Morgan fingerprint density at radius 1 is 1.09 bits per heavy atom. The van der Waals surface area contributed by atoms with Crippen molar-refractivity contribution in [1.82, 2.24) is 9.38 Å². The van der Waals surface area contributed by atoms with Crippen molar-refractivity contribution in [2.45, 2.75) is 20.8 Å². The van der Waals surface area contributed by atoms with E-state index >= 15 is 0 Å². The zero-order chi connectivity index (χ0) is 16.0. The first kappa shape index (κ1) is 14.3. The largest absolute Gasteiger partial charge is 0.494 e. The van der Waals surface area contributed by atoms with Crippen LogP contribution < -0.4 is 4.74 Å². The SMILES string of the molecule is CCOc1ccc2c(c1)sc1nc(-c3ccc(C)cc3)c(C)n12. The second-order valence-corrected chi connectivity index (χ2v) is 6.70. The molecular weight excluding hydrogens is 304 g/mol. The first-order valence-corrected chi connectivity index (χ1v) is 8.60. The Bertz CT molecular complexity index is 996. The van der Waals surface area contributed by atoms with Gasteiger partial charge in [-0.15, -0.1) is 0 Å². The summed E-state index contributed by atoms with van der Waals surface area (Å²) in [5.41, 5.74) is 5.87. The van der Waals surface area contributed by atoms with E-state index in [4.69, 9.17) is 9.72 Å². The van der Waals surface area contributed by atoms with Gasteiger partial charge in [0.2, 0.25) is 0 Å². The fourth-order valence-electron chi connectivity index (χ4n) is 2.93. The van der Waals surface area contributed by atoms with Crippen molar-refractivity contribution in [1.29, 1.82) is 0 Å². The first-order chi connectivity index (χ1) is 11.2. The molecule has 116 valence electrons. The fourth-order valence-corrected chi connectivity index (χ4v) is 4.03. The van der Waals surface area contributed by atoms with Gasteiger partial charge in [0.1, 0.15) is 5.75 Å². The maximum atomic E-state index is 5.60. The lowest BCUT2D eigenvalue weighted by Gasteiger charge is -2.03. The highest BCUT2D eigenvalue weighted by Crippen LogP contribution is 2.34. The van der Waals surface area contributed by atoms with E-state index in [1.807, 2.05) is 13.0 Å². The first-order valence-electron chi connectivity index (χ1n) is 7.79. The molecule has 4 rings (SSSR count). The molecule has 23 heavy (non-hydrogen) atoms. The molecule has 0 fully saturated rings. The highest BCUT2D eigenvalue weighted by molar-refractivity contribution is 7.23. The Hall–Kier alpha value is -2.33. The molecule has 0 aliphatic rings. The van der Waals surface area contributed by atoms with Gasteiger partial charge in [-0.1, -0.05) is 41.2 Å². The lowest BCUT2D eigenvalue weighted by atomic mass is 10.1. The van der Waals surface area contributed by atoms with E-state index in [2.05, 4.69) is 54.6 Å². The van der Waals surface area contributed by atoms with Crippen molar-refractivity contribution < 1.29 is 4.74 Å². The Balaban J connectivity index is 1.90. The minimum atomic E-state index is 0.685. The number of rotatable bonds is 3. The summed E-state index contributed by atoms with van der Waals surface area (Å²) >= 11 is 1.71. The quantitative estimate of drug-likeness (QED) is 0.516. The maximum Gasteiger partial charge on any atom is 0.195 e. The summed E-state index contributed by atoms with van der Waals surface area (Å²) in [6, 6.07) is 14.8. The van der Waals surface area contributed by atoms with E-state index < -0.39 is 0 Å². The van der Waals surface area contributed by atoms with Gasteiger partial charge in [-0.3, -0.25) is 4.40 Å². The Morgan fingerprint density at radius 3 is 2.61 bits per heavy atom. The Labute approximate surface area is 139 Å². The number of aryl methyl sites for hydroxylation is 2. The highest BCUT2D eigenvalue weighted by atomic mass is 32.1. The number of hydrogen-bond acceptors (Lipinski definition) is 3. The van der Waals surface area contributed by atoms with Crippen LogP contribution in [0.4, 0.5) is 0 Å². The van der Waals surface area contributed by atoms with Gasteiger partial charge in [-0.2, -0.15) is 0 Å². The molecule has 0 amide bonds. The van der Waals surface area contributed by atoms with Crippen molar-refractivity contribution in [3.8, 4) is 17.0 Å². The Kier molecular flexibility index (Phi) is 3.34. The van der Waals surface area contributed by atoms with Gasteiger partial charge in [0.05, 0.1) is 22.5 Å². The standard InChI is InChI=1S/C19H18N2OS/c1-4-22-15-9-10-16-17(11-15)23-19-20-18(13(3)21(16)19)14-7-5-12(2)6-8-14/h5-11H,4H2,1-3H3. The minimum Gasteiger partial charge on any atom is -0.494 e. The van der Waals surface area contributed by atoms with E-state index in [-0.39, 0.29) is 0 Å². The number of benzene rings is 2. The van der Waals surface area contributed by atoms with E-state index in [1.54, 1.807) is 11.3 Å². The fraction of sp³-hybridized carbons (Fsp3) is 0.211. The topological polar surface area (TPSA) is 26.5 Å². The minimum absolute atomic E-state index is 0.685. The Morgan fingerprint density at radius 2 is 1.87 bits per heavy atom. The van der Waals surface area contributed by atoms with Crippen LogP contribution in [0.25, 0.3) is 26.4 Å². The smallest absolute Gasteiger partial charge is 0.195 e. The van der Waals surface area contributed by atoms with Crippen LogP contribution in [0.2, 0.25) is 0 Å². The molecule has 2 aromatic carbocycles. The molecule has 2 heterocycles. The van der Waals surface area contributed by atoms with E-state index in [0.717, 1.165) is 16.4 Å². The predicted octanol–water partition coefficient (Wildman–Crippen LogP) is 5.23. The summed E-state index contributed by atoms with van der Waals surface area (Å²) in [6.45, 7) is 6.93. The van der Waals surface area contributed by atoms with Crippen molar-refractivity contribution in [3.63, 3.8) is 0 Å². The molecule has 0 atom stereocenters. The molecule has 0 N–H and O–H groups in total. The molecule has 4 aromatic rings. The van der Waals surface area contributed by atoms with Gasteiger partial charge in [0, 0.05) is 11.3 Å². The summed E-state index contributed by atoms with van der Waals surface area (Å²) in [5.74, 6) is 0.918. The number of nitrogens with zero attached hydrogens (tertiary/aromatic N) is 2. The van der Waals surface area contributed by atoms with Gasteiger partial charge in [-0.25, -0.2) is 4.98 Å². The number of hydrogen-bond donors (Lipinski definition) is 0. The maximum absolute atomic E-state index is 5.60. The number of aromatic nitrogens is 2. The molecule has 0 radical (unpaired) electrons. The van der Waals surface area contributed by atoms with Crippen LogP contribution in [0.3, 0.4) is 0 Å². The van der Waals surface area contributed by atoms with Crippen LogP contribution >= 0.6 is 11.3 Å². The van der Waals surface area contributed by atoms with Gasteiger partial charge in [0.15, 0.2) is 4.96 Å². The van der Waals surface area contributed by atoms with Crippen LogP contribution in [0.1, 0.15) is 18.2 Å². The zero-order valence-electron chi connectivity index (χ0n) is 13.5. The van der Waals surface area contributed by atoms with Crippen LogP contribution in [0.15, 0.2) is 42.5 Å². The number of imidazole rings is 1. The summed E-state index contributed by atoms with van der Waals surface area (Å²) in [4.78, 5) is 5.90. The van der Waals surface area contributed by atoms with E-state index in [0.29, 0.717) is 6.61 Å². The molecule has 0 saturated heterocycles. The molecular formula is C19H18N2OS. The lowest BCUT2D eigenvalue weighted by molar-refractivity contribution is 0.341. The van der Waals surface area contributed by atoms with Crippen molar-refractivity contribution >= 4 is 26.5 Å². The van der Waals surface area contributed by atoms with Gasteiger partial charge < -0.3 is 4.74 Å². The van der Waals surface area contributed by atoms with Crippen LogP contribution in [-0.4, -0.2) is 16.0 Å². The molecule has 0 aliphatic carbocycles. The third kappa shape index (κ3) is 2.30. The molecule has 0 saturated carbocycles. The van der Waals surface area contributed by atoms with Crippen molar-refractivity contribution in [2.24, 2.45) is 0 Å². The van der Waals surface area contributed by atoms with Gasteiger partial charge >= 0.3 is 0 Å². The van der Waals surface area contributed by atoms with Crippen LogP contribution in [0.5, 0.6) is 5.75 Å². The predicted molar refractivity (Wildman–Crippen MR) is 96.7 cm³/mol. The third-order valence-electron chi connectivity index (χ3n) is 4.09. The van der Waals surface area contributed by atoms with Crippen molar-refractivity contribution in [2.75, 3.05) is 6.61 Å². The molecule has 0 unspecified atom stereocenters. The highest BCUT2D eigenvalue weighted by Gasteiger charge is 2.15. The lowest BCUT2D eigenvalue weighted by Crippen LogP contribution is -1.91. The zero-order valence-corrected chi connectivity index (χ0v) is 14.3. The average molecular weight is 322 g/mol. The normalized spacial score (nSPS) is 11.4. The third-order valence-corrected chi connectivity index (χ3v) is 5.09. The molecule has 4 heteroatoms. The second kappa shape index (κ2) is 5.39. The summed E-state index contributed by atoms with van der Waals surface area (Å²) in [7, 11) is 0. The van der Waals surface area contributed by atoms with E-state index in [9.17, 15) is 0 Å². The van der Waals surface area contributed by atoms with Gasteiger partial charge in [-0.05, 0) is 39.0 Å². The van der Waals surface area contributed by atoms with Crippen LogP contribution in [-0.2, 0) is 0 Å². The van der Waals surface area contributed by atoms with E-state index in [1.165, 1.54) is 27.0 Å². The molecule has 0 spiro atoms. The number of fused-ring (bicyclic) bond motifs is 3. The van der Waals surface area contributed by atoms with Crippen molar-refractivity contribution in [3.05, 3.63) is 53.7 Å². The molecule has 0 bridgehead atoms. The summed E-state index contributed by atoms with van der Waals surface area (Å²) < 4.78 is 9.04. The number of ether oxygens (including phenoxy) is 1. The average Bonchev–Trinajstić information content (AvgIpc) is 3.05.